The first-order chi connectivity index (χ1) is 11.0. The predicted molar refractivity (Wildman–Crippen MR) is 85.4 cm³/mol. The Labute approximate surface area is 135 Å². The van der Waals surface area contributed by atoms with E-state index < -0.39 is 11.3 Å². The van der Waals surface area contributed by atoms with Gasteiger partial charge in [0.25, 0.3) is 0 Å². The summed E-state index contributed by atoms with van der Waals surface area (Å²) in [6.07, 6.45) is 2.49. The number of rotatable bonds is 4. The van der Waals surface area contributed by atoms with Crippen molar-refractivity contribution >= 4 is 5.91 Å². The van der Waals surface area contributed by atoms with E-state index in [9.17, 15) is 10.1 Å². The molecular formula is C17H19N5O. The molecule has 0 saturated carbocycles. The van der Waals surface area contributed by atoms with Gasteiger partial charge in [0.15, 0.2) is 0 Å². The summed E-state index contributed by atoms with van der Waals surface area (Å²) in [7, 11) is 0. The number of nitrogens with zero attached hydrogens (tertiary/aromatic N) is 4. The predicted octanol–water partition coefficient (Wildman–Crippen LogP) is 1.38. The summed E-state index contributed by atoms with van der Waals surface area (Å²) in [6, 6.07) is 12.0. The van der Waals surface area contributed by atoms with E-state index in [4.69, 9.17) is 5.73 Å². The maximum Gasteiger partial charge on any atom is 0.239 e. The Morgan fingerprint density at radius 2 is 2.17 bits per heavy atom. The number of carbonyl (C=O) groups is 1. The van der Waals surface area contributed by atoms with Crippen LogP contribution in [0.2, 0.25) is 0 Å². The van der Waals surface area contributed by atoms with Gasteiger partial charge in [-0.15, -0.1) is 0 Å². The van der Waals surface area contributed by atoms with Crippen molar-refractivity contribution in [2.24, 2.45) is 11.1 Å². The summed E-state index contributed by atoms with van der Waals surface area (Å²) in [4.78, 5) is 13.7. The minimum atomic E-state index is -1.05. The molecule has 1 aromatic carbocycles. The van der Waals surface area contributed by atoms with E-state index in [1.807, 2.05) is 48.1 Å². The summed E-state index contributed by atoms with van der Waals surface area (Å²) in [5, 5.41) is 13.8. The second kappa shape index (κ2) is 5.86. The van der Waals surface area contributed by atoms with Crippen LogP contribution >= 0.6 is 0 Å². The number of benzene rings is 1. The van der Waals surface area contributed by atoms with Gasteiger partial charge >= 0.3 is 0 Å². The lowest BCUT2D eigenvalue weighted by atomic mass is 9.88. The van der Waals surface area contributed by atoms with Gasteiger partial charge in [-0.1, -0.05) is 18.2 Å². The summed E-state index contributed by atoms with van der Waals surface area (Å²) in [5.74, 6) is -0.529. The SMILES string of the molecule is Cc1nn(-c2ccccc2)cc1CN1CCC(C#N)(C(N)=O)C1. The topological polar surface area (TPSA) is 87.9 Å². The van der Waals surface area contributed by atoms with E-state index in [0.29, 0.717) is 26.1 Å². The van der Waals surface area contributed by atoms with Gasteiger partial charge in [0.2, 0.25) is 5.91 Å². The number of amides is 1. The molecule has 1 unspecified atom stereocenters. The summed E-state index contributed by atoms with van der Waals surface area (Å²) in [6.45, 7) is 3.70. The van der Waals surface area contributed by atoms with Gasteiger partial charge < -0.3 is 5.73 Å². The van der Waals surface area contributed by atoms with Crippen LogP contribution in [0.3, 0.4) is 0 Å². The number of nitriles is 1. The number of aryl methyl sites for hydroxylation is 1. The third-order valence-corrected chi connectivity index (χ3v) is 4.45. The van der Waals surface area contributed by atoms with Crippen LogP contribution in [-0.2, 0) is 11.3 Å². The largest absolute Gasteiger partial charge is 0.368 e. The molecule has 1 amide bonds. The Morgan fingerprint density at radius 3 is 2.78 bits per heavy atom. The number of hydrogen-bond donors (Lipinski definition) is 1. The highest BCUT2D eigenvalue weighted by Crippen LogP contribution is 2.30. The number of likely N-dealkylation sites (tertiary alicyclic amines) is 1. The zero-order valence-corrected chi connectivity index (χ0v) is 13.1. The first-order valence-corrected chi connectivity index (χ1v) is 7.58. The van der Waals surface area contributed by atoms with Gasteiger partial charge in [-0.2, -0.15) is 10.4 Å². The van der Waals surface area contributed by atoms with Crippen LogP contribution < -0.4 is 5.73 Å². The van der Waals surface area contributed by atoms with Crippen LogP contribution in [0.4, 0.5) is 0 Å². The van der Waals surface area contributed by atoms with Crippen molar-refractivity contribution in [3.8, 4) is 11.8 Å². The van der Waals surface area contributed by atoms with Gasteiger partial charge in [0, 0.05) is 31.4 Å². The number of para-hydroxylation sites is 1. The number of carbonyl (C=O) groups excluding carboxylic acids is 1. The molecule has 0 bridgehead atoms. The average Bonchev–Trinajstić information content (AvgIpc) is 3.14. The Kier molecular flexibility index (Phi) is 3.89. The zero-order valence-electron chi connectivity index (χ0n) is 13.1. The van der Waals surface area contributed by atoms with Crippen molar-refractivity contribution in [1.29, 1.82) is 5.26 Å². The van der Waals surface area contributed by atoms with E-state index in [2.05, 4.69) is 16.1 Å². The molecule has 0 spiro atoms. The monoisotopic (exact) mass is 309 g/mol. The van der Waals surface area contributed by atoms with E-state index in [-0.39, 0.29) is 0 Å². The molecule has 1 aromatic heterocycles. The van der Waals surface area contributed by atoms with E-state index in [1.165, 1.54) is 0 Å². The number of nitrogens with two attached hydrogens (primary N) is 1. The molecule has 23 heavy (non-hydrogen) atoms. The molecule has 6 nitrogen and oxygen atoms in total. The molecule has 2 heterocycles. The minimum Gasteiger partial charge on any atom is -0.368 e. The summed E-state index contributed by atoms with van der Waals surface area (Å²) >= 11 is 0. The van der Waals surface area contributed by atoms with Crippen molar-refractivity contribution in [3.05, 3.63) is 47.8 Å². The van der Waals surface area contributed by atoms with Gasteiger partial charge in [0.05, 0.1) is 17.5 Å². The van der Waals surface area contributed by atoms with Gasteiger partial charge in [0.1, 0.15) is 5.41 Å². The van der Waals surface area contributed by atoms with Crippen molar-refractivity contribution in [2.75, 3.05) is 13.1 Å². The van der Waals surface area contributed by atoms with Crippen molar-refractivity contribution in [3.63, 3.8) is 0 Å². The lowest BCUT2D eigenvalue weighted by Gasteiger charge is -2.18. The van der Waals surface area contributed by atoms with Crippen LogP contribution in [0.25, 0.3) is 5.69 Å². The molecule has 0 radical (unpaired) electrons. The molecule has 1 aliphatic rings. The number of hydrogen-bond acceptors (Lipinski definition) is 4. The van der Waals surface area contributed by atoms with Gasteiger partial charge in [-0.3, -0.25) is 9.69 Å². The maximum atomic E-state index is 11.6. The fraction of sp³-hybridized carbons (Fsp3) is 0.353. The minimum absolute atomic E-state index is 0.384. The van der Waals surface area contributed by atoms with Crippen molar-refractivity contribution in [1.82, 2.24) is 14.7 Å². The molecule has 6 heteroatoms. The molecule has 3 rings (SSSR count). The number of aromatic nitrogens is 2. The van der Waals surface area contributed by atoms with E-state index in [1.54, 1.807) is 0 Å². The van der Waals surface area contributed by atoms with E-state index in [0.717, 1.165) is 16.9 Å². The molecule has 2 aromatic rings. The first-order valence-electron chi connectivity index (χ1n) is 7.58. The lowest BCUT2D eigenvalue weighted by Crippen LogP contribution is -2.38. The molecule has 118 valence electrons. The quantitative estimate of drug-likeness (QED) is 0.924. The molecule has 0 aliphatic carbocycles. The average molecular weight is 309 g/mol. The van der Waals surface area contributed by atoms with Gasteiger partial charge in [-0.05, 0) is 25.5 Å². The van der Waals surface area contributed by atoms with E-state index >= 15 is 0 Å². The maximum absolute atomic E-state index is 11.6. The zero-order chi connectivity index (χ0) is 16.4. The molecule has 1 fully saturated rings. The Bertz CT molecular complexity index is 761. The Morgan fingerprint density at radius 1 is 1.43 bits per heavy atom. The molecule has 1 saturated heterocycles. The Balaban J connectivity index is 1.76. The normalized spacial score (nSPS) is 21.2. The second-order valence-corrected chi connectivity index (χ2v) is 6.04. The van der Waals surface area contributed by atoms with Crippen molar-refractivity contribution in [2.45, 2.75) is 19.9 Å². The highest BCUT2D eigenvalue weighted by atomic mass is 16.1. The van der Waals surface area contributed by atoms with Crippen LogP contribution in [0, 0.1) is 23.7 Å². The smallest absolute Gasteiger partial charge is 0.239 e. The van der Waals surface area contributed by atoms with Crippen LogP contribution in [0.15, 0.2) is 36.5 Å². The van der Waals surface area contributed by atoms with Crippen LogP contribution in [0.5, 0.6) is 0 Å². The highest BCUT2D eigenvalue weighted by Gasteiger charge is 2.43. The van der Waals surface area contributed by atoms with Gasteiger partial charge in [-0.25, -0.2) is 4.68 Å². The highest BCUT2D eigenvalue weighted by molar-refractivity contribution is 5.84. The molecular weight excluding hydrogens is 290 g/mol. The lowest BCUT2D eigenvalue weighted by molar-refractivity contribution is -0.124. The standard InChI is InChI=1S/C17H19N5O/c1-13-14(10-22(20-13)15-5-3-2-4-6-15)9-21-8-7-17(11-18,12-21)16(19)23/h2-6,10H,7-9,12H2,1H3,(H2,19,23). The molecule has 1 atom stereocenters. The third kappa shape index (κ3) is 2.83. The number of primary amides is 1. The molecule has 2 N–H and O–H groups in total. The second-order valence-electron chi connectivity index (χ2n) is 6.04. The van der Waals surface area contributed by atoms with Crippen LogP contribution in [-0.4, -0.2) is 33.7 Å². The molecule has 1 aliphatic heterocycles. The fourth-order valence-electron chi connectivity index (χ4n) is 2.98. The Hall–Kier alpha value is -2.65. The summed E-state index contributed by atoms with van der Waals surface area (Å²) < 4.78 is 1.85. The third-order valence-electron chi connectivity index (χ3n) is 4.45. The fourth-order valence-corrected chi connectivity index (χ4v) is 2.98. The van der Waals surface area contributed by atoms with Crippen LogP contribution in [0.1, 0.15) is 17.7 Å². The summed E-state index contributed by atoms with van der Waals surface area (Å²) in [5.41, 5.74) is 7.39. The van der Waals surface area contributed by atoms with Crippen molar-refractivity contribution < 1.29 is 4.79 Å². The first kappa shape index (κ1) is 15.3.